The highest BCUT2D eigenvalue weighted by atomic mass is 79.9. The lowest BCUT2D eigenvalue weighted by Gasteiger charge is -2.44. The average Bonchev–Trinajstić information content (AvgIpc) is 2.70. The molecule has 0 spiro atoms. The van der Waals surface area contributed by atoms with Crippen LogP contribution in [0.3, 0.4) is 0 Å². The Labute approximate surface area is 172 Å². The first-order valence-corrected chi connectivity index (χ1v) is 9.82. The summed E-state index contributed by atoms with van der Waals surface area (Å²) in [5.74, 6) is -0.841. The van der Waals surface area contributed by atoms with Gasteiger partial charge < -0.3 is 14.6 Å². The normalized spacial score (nSPS) is 23.8. The molecule has 0 saturated heterocycles. The third kappa shape index (κ3) is 3.21. The fourth-order valence-electron chi connectivity index (χ4n) is 3.72. The van der Waals surface area contributed by atoms with Gasteiger partial charge >= 0.3 is 0 Å². The number of aliphatic hydroxyl groups excluding tert-OH is 1. The summed E-state index contributed by atoms with van der Waals surface area (Å²) < 4.78 is 12.8. The molecule has 28 heavy (non-hydrogen) atoms. The molecule has 0 fully saturated rings. The third-order valence-electron chi connectivity index (χ3n) is 5.23. The Morgan fingerprint density at radius 1 is 1.21 bits per heavy atom. The van der Waals surface area contributed by atoms with Gasteiger partial charge in [0.25, 0.3) is 0 Å². The highest BCUT2D eigenvalue weighted by molar-refractivity contribution is 9.10. The average molecular weight is 441 g/mol. The van der Waals surface area contributed by atoms with Crippen LogP contribution in [0.4, 0.5) is 0 Å². The number of aromatic nitrogens is 2. The van der Waals surface area contributed by atoms with Gasteiger partial charge in [-0.05, 0) is 64.8 Å². The van der Waals surface area contributed by atoms with Crippen molar-refractivity contribution in [3.05, 3.63) is 76.2 Å². The fourth-order valence-corrected chi connectivity index (χ4v) is 4.17. The molecule has 0 saturated carbocycles. The molecule has 1 unspecified atom stereocenters. The Balaban J connectivity index is 1.84. The number of halogens is 1. The molecule has 2 aromatic heterocycles. The Kier molecular flexibility index (Phi) is 4.95. The number of nitrogens with zero attached hydrogens (tertiary/aromatic N) is 2. The molecule has 1 aliphatic rings. The second-order valence-electron chi connectivity index (χ2n) is 7.07. The molecule has 1 aromatic carbocycles. The van der Waals surface area contributed by atoms with Crippen molar-refractivity contribution in [3.8, 4) is 17.0 Å². The van der Waals surface area contributed by atoms with Crippen LogP contribution < -0.4 is 4.74 Å². The maximum absolute atomic E-state index is 11.3. The summed E-state index contributed by atoms with van der Waals surface area (Å²) in [7, 11) is 1.59. The van der Waals surface area contributed by atoms with Crippen molar-refractivity contribution < 1.29 is 14.6 Å². The number of methoxy groups -OCH3 is 1. The van der Waals surface area contributed by atoms with Crippen LogP contribution in [0.2, 0.25) is 0 Å². The number of ether oxygens (including phenoxy) is 2. The summed E-state index contributed by atoms with van der Waals surface area (Å²) in [6.45, 7) is 3.79. The molecule has 0 amide bonds. The molecule has 3 heterocycles. The van der Waals surface area contributed by atoms with E-state index in [4.69, 9.17) is 9.47 Å². The SMILES string of the molecule is COC1(C)Oc2ccc(-c3nc(C)ccc3Br)cc2[C@H](O)[C@@H]1c1cccnc1. The van der Waals surface area contributed by atoms with Crippen molar-refractivity contribution in [2.75, 3.05) is 7.11 Å². The molecule has 0 bridgehead atoms. The molecule has 0 radical (unpaired) electrons. The number of rotatable bonds is 3. The summed E-state index contributed by atoms with van der Waals surface area (Å²) in [4.78, 5) is 8.83. The topological polar surface area (TPSA) is 64.5 Å². The van der Waals surface area contributed by atoms with Crippen molar-refractivity contribution in [2.24, 2.45) is 0 Å². The van der Waals surface area contributed by atoms with Crippen molar-refractivity contribution >= 4 is 15.9 Å². The monoisotopic (exact) mass is 440 g/mol. The predicted molar refractivity (Wildman–Crippen MR) is 110 cm³/mol. The maximum atomic E-state index is 11.3. The number of fused-ring (bicyclic) bond motifs is 1. The number of hydrogen-bond acceptors (Lipinski definition) is 5. The molecular weight excluding hydrogens is 420 g/mol. The van der Waals surface area contributed by atoms with Gasteiger partial charge in [-0.15, -0.1) is 0 Å². The van der Waals surface area contributed by atoms with Gasteiger partial charge in [0, 0.05) is 47.7 Å². The Bertz CT molecular complexity index is 1010. The molecule has 0 aliphatic carbocycles. The van der Waals surface area contributed by atoms with E-state index in [0.717, 1.165) is 27.0 Å². The number of benzene rings is 1. The van der Waals surface area contributed by atoms with Crippen molar-refractivity contribution in [3.63, 3.8) is 0 Å². The standard InChI is InChI=1S/C22H21BrN2O3/c1-13-6-8-17(23)20(25-13)14-7-9-18-16(11-14)21(26)19(22(2,27-3)28-18)15-5-4-10-24-12-15/h4-12,19,21,26H,1-3H3/t19-,21-,22?/m0/s1. The molecule has 1 N–H and O–H groups in total. The summed E-state index contributed by atoms with van der Waals surface area (Å²) in [6.07, 6.45) is 2.63. The van der Waals surface area contributed by atoms with Crippen LogP contribution in [0, 0.1) is 6.92 Å². The zero-order valence-electron chi connectivity index (χ0n) is 15.9. The van der Waals surface area contributed by atoms with Crippen molar-refractivity contribution in [2.45, 2.75) is 31.7 Å². The highest BCUT2D eigenvalue weighted by Gasteiger charge is 2.48. The predicted octanol–water partition coefficient (Wildman–Crippen LogP) is 4.79. The molecule has 3 aromatic rings. The molecule has 3 atom stereocenters. The largest absolute Gasteiger partial charge is 0.462 e. The maximum Gasteiger partial charge on any atom is 0.217 e. The van der Waals surface area contributed by atoms with Gasteiger partial charge in [0.1, 0.15) is 5.75 Å². The van der Waals surface area contributed by atoms with E-state index in [1.54, 1.807) is 19.5 Å². The number of hydrogen-bond donors (Lipinski definition) is 1. The van der Waals surface area contributed by atoms with E-state index in [9.17, 15) is 5.11 Å². The summed E-state index contributed by atoms with van der Waals surface area (Å²) in [5, 5.41) is 11.3. The fraction of sp³-hybridized carbons (Fsp3) is 0.273. The minimum absolute atomic E-state index is 0.428. The highest BCUT2D eigenvalue weighted by Crippen LogP contribution is 2.50. The molecule has 6 heteroatoms. The third-order valence-corrected chi connectivity index (χ3v) is 5.87. The van der Waals surface area contributed by atoms with E-state index in [1.165, 1.54) is 0 Å². The van der Waals surface area contributed by atoms with E-state index in [-0.39, 0.29) is 0 Å². The van der Waals surface area contributed by atoms with E-state index in [1.807, 2.05) is 56.3 Å². The van der Waals surface area contributed by atoms with E-state index >= 15 is 0 Å². The smallest absolute Gasteiger partial charge is 0.217 e. The number of aryl methyl sites for hydroxylation is 1. The first-order valence-electron chi connectivity index (χ1n) is 9.02. The zero-order chi connectivity index (χ0) is 19.9. The van der Waals surface area contributed by atoms with Crippen molar-refractivity contribution in [1.29, 1.82) is 0 Å². The Morgan fingerprint density at radius 3 is 2.75 bits per heavy atom. The Hall–Kier alpha value is -2.28. The van der Waals surface area contributed by atoms with Gasteiger partial charge in [-0.2, -0.15) is 0 Å². The van der Waals surface area contributed by atoms with Crippen LogP contribution in [0.15, 0.2) is 59.3 Å². The first-order chi connectivity index (χ1) is 13.4. The molecule has 4 rings (SSSR count). The molecule has 1 aliphatic heterocycles. The lowest BCUT2D eigenvalue weighted by atomic mass is 9.81. The van der Waals surface area contributed by atoms with Crippen LogP contribution >= 0.6 is 15.9 Å². The van der Waals surface area contributed by atoms with Gasteiger partial charge in [-0.3, -0.25) is 9.97 Å². The van der Waals surface area contributed by atoms with Gasteiger partial charge in [0.15, 0.2) is 0 Å². The quantitative estimate of drug-likeness (QED) is 0.634. The second kappa shape index (κ2) is 7.28. The van der Waals surface area contributed by atoms with Crippen molar-refractivity contribution in [1.82, 2.24) is 9.97 Å². The van der Waals surface area contributed by atoms with E-state index in [2.05, 4.69) is 25.9 Å². The number of aliphatic hydroxyl groups is 1. The van der Waals surface area contributed by atoms with Crippen LogP contribution in [-0.2, 0) is 4.74 Å². The zero-order valence-corrected chi connectivity index (χ0v) is 17.5. The lowest BCUT2D eigenvalue weighted by Crippen LogP contribution is -2.47. The summed E-state index contributed by atoms with van der Waals surface area (Å²) in [6, 6.07) is 13.4. The molecule has 144 valence electrons. The lowest BCUT2D eigenvalue weighted by molar-refractivity contribution is -0.197. The summed E-state index contributed by atoms with van der Waals surface area (Å²) in [5.41, 5.74) is 4.21. The van der Waals surface area contributed by atoms with Crippen LogP contribution in [0.25, 0.3) is 11.3 Å². The second-order valence-corrected chi connectivity index (χ2v) is 7.92. The first kappa shape index (κ1) is 19.1. The Morgan fingerprint density at radius 2 is 2.04 bits per heavy atom. The minimum Gasteiger partial charge on any atom is -0.462 e. The van der Waals surface area contributed by atoms with E-state index < -0.39 is 17.8 Å². The number of pyridine rings is 2. The minimum atomic E-state index is -1.01. The van der Waals surface area contributed by atoms with Crippen LogP contribution in [0.5, 0.6) is 5.75 Å². The van der Waals surface area contributed by atoms with Gasteiger partial charge in [0.2, 0.25) is 5.79 Å². The van der Waals surface area contributed by atoms with Crippen LogP contribution in [-0.4, -0.2) is 28.0 Å². The van der Waals surface area contributed by atoms with Gasteiger partial charge in [-0.25, -0.2) is 0 Å². The van der Waals surface area contributed by atoms with Gasteiger partial charge in [0.05, 0.1) is 17.7 Å². The summed E-state index contributed by atoms with van der Waals surface area (Å²) >= 11 is 3.57. The van der Waals surface area contributed by atoms with E-state index in [0.29, 0.717) is 11.3 Å². The van der Waals surface area contributed by atoms with Crippen LogP contribution in [0.1, 0.15) is 35.8 Å². The molecule has 5 nitrogen and oxygen atoms in total. The van der Waals surface area contributed by atoms with Gasteiger partial charge in [-0.1, -0.05) is 6.07 Å². The molecular formula is C22H21BrN2O3.